The molecule has 2 aromatic carbocycles. The molecule has 0 saturated carbocycles. The van der Waals surface area contributed by atoms with E-state index in [-0.39, 0.29) is 23.5 Å². The van der Waals surface area contributed by atoms with E-state index in [4.69, 9.17) is 22.1 Å². The Labute approximate surface area is 205 Å². The van der Waals surface area contributed by atoms with E-state index in [1.807, 2.05) is 0 Å². The lowest BCUT2D eigenvalue weighted by Gasteiger charge is -2.14. The molecule has 2 aromatic heterocycles. The van der Waals surface area contributed by atoms with Crippen molar-refractivity contribution < 1.29 is 9.53 Å². The minimum absolute atomic E-state index is 0.188. The minimum atomic E-state index is -0.309. The highest BCUT2D eigenvalue weighted by atomic mass is 35.5. The van der Waals surface area contributed by atoms with Crippen molar-refractivity contribution in [2.75, 3.05) is 18.8 Å². The maximum Gasteiger partial charge on any atom is 0.335 e. The summed E-state index contributed by atoms with van der Waals surface area (Å²) in [4.78, 5) is 36.0. The van der Waals surface area contributed by atoms with E-state index in [9.17, 15) is 9.59 Å². The van der Waals surface area contributed by atoms with Gasteiger partial charge in [0.2, 0.25) is 0 Å². The molecule has 1 fully saturated rings. The lowest BCUT2D eigenvalue weighted by molar-refractivity contribution is -0.124. The Balaban J connectivity index is 1.53. The summed E-state index contributed by atoms with van der Waals surface area (Å²) >= 11 is 6.03. The van der Waals surface area contributed by atoms with Gasteiger partial charge in [-0.05, 0) is 61.7 Å². The van der Waals surface area contributed by atoms with Crippen LogP contribution in [-0.2, 0) is 4.79 Å². The second-order valence-electron chi connectivity index (χ2n) is 8.04. The molecule has 0 spiro atoms. The van der Waals surface area contributed by atoms with Crippen molar-refractivity contribution >= 4 is 34.5 Å². The number of hydrogen-bond donors (Lipinski definition) is 1. The third-order valence-corrected chi connectivity index (χ3v) is 6.09. The molecule has 176 valence electrons. The fraction of sp³-hybridized carbons (Fsp3) is 0.200. The van der Waals surface area contributed by atoms with Crippen molar-refractivity contribution in [3.63, 3.8) is 0 Å². The van der Waals surface area contributed by atoms with E-state index < -0.39 is 0 Å². The van der Waals surface area contributed by atoms with Crippen LogP contribution in [0.3, 0.4) is 0 Å². The molecule has 1 aliphatic heterocycles. The number of amides is 1. The van der Waals surface area contributed by atoms with Crippen LogP contribution < -0.4 is 16.2 Å². The zero-order chi connectivity index (χ0) is 24.5. The SMILES string of the molecule is CC#CC(=O)N1CC[C@@H](n2c(=O)n(-c3ccc(Oc4cccc(Cl)c4)cc3)c3c(N)ncnc32)C1. The number of rotatable bonds is 4. The number of carbonyl (C=O) groups excluding carboxylic acids is 1. The van der Waals surface area contributed by atoms with Crippen LogP contribution in [0.4, 0.5) is 5.82 Å². The van der Waals surface area contributed by atoms with Gasteiger partial charge in [0.25, 0.3) is 5.91 Å². The number of nitrogen functional groups attached to an aromatic ring is 1. The highest BCUT2D eigenvalue weighted by Crippen LogP contribution is 2.29. The lowest BCUT2D eigenvalue weighted by Crippen LogP contribution is -2.31. The van der Waals surface area contributed by atoms with Gasteiger partial charge in [0.15, 0.2) is 11.5 Å². The standard InChI is InChI=1S/C25H21ClN6O3/c1-2-4-21(33)30-12-11-18(14-30)32-24-22(23(27)28-15-29-24)31(25(32)34)17-7-9-19(10-8-17)35-20-6-3-5-16(26)13-20/h3,5-10,13,15,18H,11-12,14H2,1H3,(H2,27,28,29)/t18-/m1/s1. The van der Waals surface area contributed by atoms with Gasteiger partial charge in [-0.1, -0.05) is 23.6 Å². The number of nitrogens with two attached hydrogens (primary N) is 1. The number of halogens is 1. The normalized spacial score (nSPS) is 15.1. The summed E-state index contributed by atoms with van der Waals surface area (Å²) in [5, 5.41) is 0.572. The van der Waals surface area contributed by atoms with Gasteiger partial charge < -0.3 is 15.4 Å². The molecule has 0 bridgehead atoms. The number of imidazole rings is 1. The second-order valence-corrected chi connectivity index (χ2v) is 8.48. The Morgan fingerprint density at radius 1 is 1.17 bits per heavy atom. The van der Waals surface area contributed by atoms with Crippen LogP contribution >= 0.6 is 11.6 Å². The molecule has 3 heterocycles. The van der Waals surface area contributed by atoms with Crippen molar-refractivity contribution in [1.29, 1.82) is 0 Å². The number of benzene rings is 2. The number of carbonyl (C=O) groups is 1. The molecule has 1 amide bonds. The number of aromatic nitrogens is 4. The molecule has 1 aliphatic rings. The molecule has 0 unspecified atom stereocenters. The largest absolute Gasteiger partial charge is 0.457 e. The summed E-state index contributed by atoms with van der Waals surface area (Å²) in [7, 11) is 0. The number of anilines is 1. The topological polar surface area (TPSA) is 108 Å². The van der Waals surface area contributed by atoms with Gasteiger partial charge in [0, 0.05) is 18.1 Å². The van der Waals surface area contributed by atoms with Crippen LogP contribution in [0.1, 0.15) is 19.4 Å². The van der Waals surface area contributed by atoms with Gasteiger partial charge in [-0.25, -0.2) is 14.8 Å². The third-order valence-electron chi connectivity index (χ3n) is 5.85. The quantitative estimate of drug-likeness (QED) is 0.441. The zero-order valence-corrected chi connectivity index (χ0v) is 19.6. The van der Waals surface area contributed by atoms with E-state index in [1.54, 1.807) is 64.9 Å². The zero-order valence-electron chi connectivity index (χ0n) is 18.8. The molecular weight excluding hydrogens is 468 g/mol. The monoisotopic (exact) mass is 488 g/mol. The second kappa shape index (κ2) is 9.16. The highest BCUT2D eigenvalue weighted by Gasteiger charge is 2.31. The van der Waals surface area contributed by atoms with Gasteiger partial charge in [0.05, 0.1) is 11.7 Å². The highest BCUT2D eigenvalue weighted by molar-refractivity contribution is 6.30. The molecule has 5 rings (SSSR count). The average Bonchev–Trinajstić information content (AvgIpc) is 3.43. The fourth-order valence-electron chi connectivity index (χ4n) is 4.29. The fourth-order valence-corrected chi connectivity index (χ4v) is 4.47. The van der Waals surface area contributed by atoms with Crippen LogP contribution in [-0.4, -0.2) is 43.0 Å². The first kappa shape index (κ1) is 22.5. The van der Waals surface area contributed by atoms with Crippen LogP contribution in [0, 0.1) is 11.8 Å². The molecule has 0 radical (unpaired) electrons. The Bertz CT molecular complexity index is 1550. The molecule has 1 saturated heterocycles. The van der Waals surface area contributed by atoms with Crippen LogP contribution in [0.2, 0.25) is 5.02 Å². The predicted octanol–water partition coefficient (Wildman–Crippen LogP) is 3.41. The summed E-state index contributed by atoms with van der Waals surface area (Å²) in [6, 6.07) is 13.9. The van der Waals surface area contributed by atoms with Gasteiger partial charge in [-0.15, -0.1) is 0 Å². The van der Waals surface area contributed by atoms with Crippen molar-refractivity contribution in [3.8, 4) is 29.0 Å². The first-order valence-corrected chi connectivity index (χ1v) is 11.3. The molecule has 0 aliphatic carbocycles. The van der Waals surface area contributed by atoms with Crippen molar-refractivity contribution in [2.24, 2.45) is 0 Å². The van der Waals surface area contributed by atoms with Crippen molar-refractivity contribution in [2.45, 2.75) is 19.4 Å². The Kier molecular flexibility index (Phi) is 5.89. The van der Waals surface area contributed by atoms with Gasteiger partial charge in [0.1, 0.15) is 23.3 Å². The molecule has 2 N–H and O–H groups in total. The molecule has 4 aromatic rings. The first-order valence-electron chi connectivity index (χ1n) is 10.9. The molecule has 10 heteroatoms. The Hall–Kier alpha value is -4.29. The first-order chi connectivity index (χ1) is 17.0. The third kappa shape index (κ3) is 4.20. The number of fused-ring (bicyclic) bond motifs is 1. The average molecular weight is 489 g/mol. The Morgan fingerprint density at radius 2 is 1.97 bits per heavy atom. The Morgan fingerprint density at radius 3 is 2.71 bits per heavy atom. The summed E-state index contributed by atoms with van der Waals surface area (Å²) in [5.74, 6) is 6.30. The molecule has 35 heavy (non-hydrogen) atoms. The van der Waals surface area contributed by atoms with E-state index in [1.165, 1.54) is 10.9 Å². The van der Waals surface area contributed by atoms with Gasteiger partial charge >= 0.3 is 5.69 Å². The summed E-state index contributed by atoms with van der Waals surface area (Å²) < 4.78 is 8.94. The van der Waals surface area contributed by atoms with Gasteiger partial charge in [-0.3, -0.25) is 13.9 Å². The van der Waals surface area contributed by atoms with E-state index in [0.29, 0.717) is 52.9 Å². The number of likely N-dealkylation sites (tertiary alicyclic amines) is 1. The predicted molar refractivity (Wildman–Crippen MR) is 133 cm³/mol. The van der Waals surface area contributed by atoms with E-state index in [0.717, 1.165) is 0 Å². The molecular formula is C25H21ClN6O3. The maximum atomic E-state index is 13.7. The van der Waals surface area contributed by atoms with Crippen LogP contribution in [0.15, 0.2) is 59.7 Å². The van der Waals surface area contributed by atoms with Crippen molar-refractivity contribution in [3.05, 3.63) is 70.4 Å². The molecule has 9 nitrogen and oxygen atoms in total. The number of nitrogens with zero attached hydrogens (tertiary/aromatic N) is 5. The maximum absolute atomic E-state index is 13.7. The van der Waals surface area contributed by atoms with E-state index in [2.05, 4.69) is 21.8 Å². The summed E-state index contributed by atoms with van der Waals surface area (Å²) in [6.07, 6.45) is 1.94. The summed E-state index contributed by atoms with van der Waals surface area (Å²) in [5.41, 5.74) is 7.30. The lowest BCUT2D eigenvalue weighted by atomic mass is 10.2. The molecule has 1 atom stereocenters. The summed E-state index contributed by atoms with van der Waals surface area (Å²) in [6.45, 7) is 2.49. The van der Waals surface area contributed by atoms with Crippen LogP contribution in [0.25, 0.3) is 16.9 Å². The minimum Gasteiger partial charge on any atom is -0.457 e. The number of hydrogen-bond acceptors (Lipinski definition) is 6. The van der Waals surface area contributed by atoms with Gasteiger partial charge in [-0.2, -0.15) is 0 Å². The smallest absolute Gasteiger partial charge is 0.335 e. The number of ether oxygens (including phenoxy) is 1. The van der Waals surface area contributed by atoms with Crippen LogP contribution in [0.5, 0.6) is 11.5 Å². The van der Waals surface area contributed by atoms with Crippen molar-refractivity contribution in [1.82, 2.24) is 24.0 Å². The van der Waals surface area contributed by atoms with E-state index >= 15 is 0 Å².